The number of carbonyl (C=O) groups excluding carboxylic acids is 1. The Morgan fingerprint density at radius 3 is 2.41 bits per heavy atom. The summed E-state index contributed by atoms with van der Waals surface area (Å²) < 4.78 is 17.5. The topological polar surface area (TPSA) is 48.0 Å². The lowest BCUT2D eigenvalue weighted by atomic mass is 9.74. The Morgan fingerprint density at radius 1 is 1.09 bits per heavy atom. The summed E-state index contributed by atoms with van der Waals surface area (Å²) in [4.78, 5) is 14.4. The molecule has 184 valence electrons. The molecule has 2 aromatic rings. The summed E-state index contributed by atoms with van der Waals surface area (Å²) in [6.07, 6.45) is 2.40. The maximum absolute atomic E-state index is 12.0. The van der Waals surface area contributed by atoms with Crippen molar-refractivity contribution in [2.24, 2.45) is 0 Å². The molecule has 0 amide bonds. The van der Waals surface area contributed by atoms with Crippen LogP contribution in [0.1, 0.15) is 51.2 Å². The van der Waals surface area contributed by atoms with Crippen molar-refractivity contribution in [1.29, 1.82) is 0 Å². The first kappa shape index (κ1) is 25.4. The molecule has 0 N–H and O–H groups in total. The number of esters is 1. The van der Waals surface area contributed by atoms with Crippen LogP contribution in [0.15, 0.2) is 30.3 Å². The summed E-state index contributed by atoms with van der Waals surface area (Å²) in [7, 11) is 0. The van der Waals surface area contributed by atoms with E-state index in [0.29, 0.717) is 39.4 Å². The molecule has 2 aliphatic rings. The van der Waals surface area contributed by atoms with Crippen LogP contribution >= 0.6 is 34.8 Å². The smallest absolute Gasteiger partial charge is 0.307 e. The maximum atomic E-state index is 12.0. The summed E-state index contributed by atoms with van der Waals surface area (Å²) in [6.45, 7) is 9.17. The molecular weight excluding hydrogens is 497 g/mol. The summed E-state index contributed by atoms with van der Waals surface area (Å²) >= 11 is 18.5. The second-order valence-electron chi connectivity index (χ2n) is 10.0. The van der Waals surface area contributed by atoms with Gasteiger partial charge in [0.25, 0.3) is 0 Å². The van der Waals surface area contributed by atoms with Gasteiger partial charge in [0.1, 0.15) is 23.7 Å². The first-order valence-electron chi connectivity index (χ1n) is 11.5. The van der Waals surface area contributed by atoms with Gasteiger partial charge in [-0.1, -0.05) is 40.9 Å². The van der Waals surface area contributed by atoms with E-state index in [2.05, 4.69) is 11.0 Å². The average molecular weight is 527 g/mol. The Bertz CT molecular complexity index is 1040. The standard InChI is InChI=1S/C26H30Cl3NO4/c1-25(2,3)34-24(31)6-9-30-10-7-26(8-11-30)16-33-23-14-18(4-5-20(23)26)32-15-19-21(28)12-17(27)13-22(19)29/h4-5,12-14H,6-11,15-16H2,1-3H3. The van der Waals surface area contributed by atoms with Gasteiger partial charge in [0.2, 0.25) is 0 Å². The maximum Gasteiger partial charge on any atom is 0.307 e. The zero-order chi connectivity index (χ0) is 24.5. The van der Waals surface area contributed by atoms with Crippen molar-refractivity contribution >= 4 is 40.8 Å². The molecule has 0 bridgehead atoms. The van der Waals surface area contributed by atoms with Gasteiger partial charge in [0.05, 0.1) is 23.1 Å². The van der Waals surface area contributed by atoms with Gasteiger partial charge in [-0.25, -0.2) is 0 Å². The highest BCUT2D eigenvalue weighted by atomic mass is 35.5. The van der Waals surface area contributed by atoms with Crippen LogP contribution in [-0.4, -0.2) is 42.7 Å². The Labute approximate surface area is 216 Å². The van der Waals surface area contributed by atoms with Crippen molar-refractivity contribution in [1.82, 2.24) is 4.90 Å². The number of halogens is 3. The van der Waals surface area contributed by atoms with Crippen LogP contribution in [0.5, 0.6) is 11.5 Å². The largest absolute Gasteiger partial charge is 0.492 e. The number of fused-ring (bicyclic) bond motifs is 2. The van der Waals surface area contributed by atoms with Crippen molar-refractivity contribution in [2.45, 2.75) is 57.7 Å². The molecule has 0 atom stereocenters. The number of piperidine rings is 1. The van der Waals surface area contributed by atoms with E-state index in [1.807, 2.05) is 32.9 Å². The monoisotopic (exact) mass is 525 g/mol. The predicted molar refractivity (Wildman–Crippen MR) is 136 cm³/mol. The van der Waals surface area contributed by atoms with Gasteiger partial charge in [-0.05, 0) is 64.9 Å². The molecule has 1 saturated heterocycles. The average Bonchev–Trinajstić information content (AvgIpc) is 3.09. The van der Waals surface area contributed by atoms with E-state index in [1.54, 1.807) is 12.1 Å². The molecule has 0 aliphatic carbocycles. The van der Waals surface area contributed by atoms with Crippen LogP contribution in [0.25, 0.3) is 0 Å². The lowest BCUT2D eigenvalue weighted by Gasteiger charge is -2.38. The number of nitrogens with zero attached hydrogens (tertiary/aromatic N) is 1. The number of benzene rings is 2. The van der Waals surface area contributed by atoms with Crippen LogP contribution in [0.4, 0.5) is 0 Å². The number of likely N-dealkylation sites (tertiary alicyclic amines) is 1. The zero-order valence-corrected chi connectivity index (χ0v) is 22.0. The zero-order valence-electron chi connectivity index (χ0n) is 19.8. The van der Waals surface area contributed by atoms with E-state index in [-0.39, 0.29) is 18.0 Å². The molecule has 0 radical (unpaired) electrons. The van der Waals surface area contributed by atoms with Crippen molar-refractivity contribution < 1.29 is 19.0 Å². The van der Waals surface area contributed by atoms with Gasteiger partial charge < -0.3 is 19.1 Å². The molecule has 1 fully saturated rings. The van der Waals surface area contributed by atoms with Crippen molar-refractivity contribution in [3.8, 4) is 11.5 Å². The van der Waals surface area contributed by atoms with Crippen LogP contribution in [-0.2, 0) is 21.6 Å². The van der Waals surface area contributed by atoms with Crippen molar-refractivity contribution in [2.75, 3.05) is 26.2 Å². The minimum Gasteiger partial charge on any atom is -0.492 e. The van der Waals surface area contributed by atoms with Crippen LogP contribution < -0.4 is 9.47 Å². The highest BCUT2D eigenvalue weighted by molar-refractivity contribution is 6.39. The fourth-order valence-corrected chi connectivity index (χ4v) is 5.50. The lowest BCUT2D eigenvalue weighted by molar-refractivity contribution is -0.155. The predicted octanol–water partition coefficient (Wildman–Crippen LogP) is 6.68. The molecule has 5 nitrogen and oxygen atoms in total. The van der Waals surface area contributed by atoms with E-state index in [9.17, 15) is 4.79 Å². The molecule has 2 aromatic carbocycles. The molecule has 0 saturated carbocycles. The first-order valence-corrected chi connectivity index (χ1v) is 12.7. The van der Waals surface area contributed by atoms with E-state index in [1.165, 1.54) is 5.56 Å². The normalized spacial score (nSPS) is 17.4. The van der Waals surface area contributed by atoms with Gasteiger partial charge in [0, 0.05) is 34.2 Å². The summed E-state index contributed by atoms with van der Waals surface area (Å²) in [6, 6.07) is 9.34. The van der Waals surface area contributed by atoms with E-state index in [4.69, 9.17) is 49.0 Å². The third kappa shape index (κ3) is 5.93. The third-order valence-corrected chi connectivity index (χ3v) is 7.28. The van der Waals surface area contributed by atoms with Crippen LogP contribution in [0.2, 0.25) is 15.1 Å². The van der Waals surface area contributed by atoms with Crippen molar-refractivity contribution in [3.63, 3.8) is 0 Å². The van der Waals surface area contributed by atoms with Crippen molar-refractivity contribution in [3.05, 3.63) is 56.5 Å². The van der Waals surface area contributed by atoms with E-state index in [0.717, 1.165) is 38.2 Å². The van der Waals surface area contributed by atoms with Gasteiger partial charge in [-0.15, -0.1) is 0 Å². The van der Waals surface area contributed by atoms with E-state index >= 15 is 0 Å². The highest BCUT2D eigenvalue weighted by Gasteiger charge is 2.43. The quantitative estimate of drug-likeness (QED) is 0.393. The fourth-order valence-electron chi connectivity index (χ4n) is 4.57. The number of hydrogen-bond acceptors (Lipinski definition) is 5. The molecule has 2 heterocycles. The number of ether oxygens (including phenoxy) is 3. The van der Waals surface area contributed by atoms with Crippen LogP contribution in [0, 0.1) is 0 Å². The Hall–Kier alpha value is -1.66. The minimum atomic E-state index is -0.441. The molecule has 0 unspecified atom stereocenters. The third-order valence-electron chi connectivity index (χ3n) is 6.38. The fraction of sp³-hybridized carbons (Fsp3) is 0.500. The highest BCUT2D eigenvalue weighted by Crippen LogP contribution is 2.46. The Balaban J connectivity index is 1.34. The summed E-state index contributed by atoms with van der Waals surface area (Å²) in [5.41, 5.74) is 1.50. The SMILES string of the molecule is CC(C)(C)OC(=O)CCN1CCC2(CC1)COc1cc(OCc3c(Cl)cc(Cl)cc3Cl)ccc12. The molecule has 0 aromatic heterocycles. The Morgan fingerprint density at radius 2 is 1.76 bits per heavy atom. The van der Waals surface area contributed by atoms with Gasteiger partial charge in [0.15, 0.2) is 0 Å². The molecular formula is C26H30Cl3NO4. The summed E-state index contributed by atoms with van der Waals surface area (Å²) in [5.74, 6) is 1.43. The minimum absolute atomic E-state index is 0.0130. The number of hydrogen-bond donors (Lipinski definition) is 0. The second-order valence-corrected chi connectivity index (χ2v) is 11.3. The van der Waals surface area contributed by atoms with E-state index < -0.39 is 5.60 Å². The molecule has 1 spiro atoms. The first-order chi connectivity index (χ1) is 16.0. The summed E-state index contributed by atoms with van der Waals surface area (Å²) in [5, 5.41) is 1.45. The molecule has 34 heavy (non-hydrogen) atoms. The second kappa shape index (κ2) is 10.1. The van der Waals surface area contributed by atoms with Gasteiger partial charge >= 0.3 is 5.97 Å². The lowest BCUT2D eigenvalue weighted by Crippen LogP contribution is -2.44. The van der Waals surface area contributed by atoms with Gasteiger partial charge in [-0.2, -0.15) is 0 Å². The van der Waals surface area contributed by atoms with Gasteiger partial charge in [-0.3, -0.25) is 4.79 Å². The van der Waals surface area contributed by atoms with Crippen LogP contribution in [0.3, 0.4) is 0 Å². The number of rotatable bonds is 6. The molecule has 4 rings (SSSR count). The molecule has 8 heteroatoms. The number of carbonyl (C=O) groups is 1. The molecule has 2 aliphatic heterocycles. The Kier molecular flexibility index (Phi) is 7.58.